The minimum absolute atomic E-state index is 0.0584. The topological polar surface area (TPSA) is 56.9 Å². The molecule has 1 aliphatic rings. The maximum atomic E-state index is 14.3. The lowest BCUT2D eigenvalue weighted by molar-refractivity contribution is 0.210. The molecule has 32 heavy (non-hydrogen) atoms. The van der Waals surface area contributed by atoms with E-state index in [1.807, 2.05) is 17.9 Å². The summed E-state index contributed by atoms with van der Waals surface area (Å²) in [5.74, 6) is 0.195. The fourth-order valence-corrected chi connectivity index (χ4v) is 5.36. The molecule has 6 nitrogen and oxygen atoms in total. The summed E-state index contributed by atoms with van der Waals surface area (Å²) in [4.78, 5) is 10.1. The Labute approximate surface area is 188 Å². The average Bonchev–Trinajstić information content (AvgIpc) is 3.35. The quantitative estimate of drug-likeness (QED) is 0.488. The second-order valence-corrected chi connectivity index (χ2v) is 8.80. The predicted octanol–water partition coefficient (Wildman–Crippen LogP) is 4.25. The van der Waals surface area contributed by atoms with Crippen molar-refractivity contribution < 1.29 is 13.9 Å². The van der Waals surface area contributed by atoms with Crippen molar-refractivity contribution in [3.8, 4) is 5.88 Å². The van der Waals surface area contributed by atoms with Crippen LogP contribution in [0.4, 0.5) is 14.5 Å². The SMILES string of the molecule is CCc1nc2sc([C@H](c3ccc(F)cc3)N3CCN(c4ccccc4F)CC3)c(O)n2n1. The van der Waals surface area contributed by atoms with Gasteiger partial charge in [-0.3, -0.25) is 4.90 Å². The van der Waals surface area contributed by atoms with Gasteiger partial charge in [0.1, 0.15) is 11.6 Å². The van der Waals surface area contributed by atoms with Crippen molar-refractivity contribution in [2.24, 2.45) is 0 Å². The molecule has 1 aliphatic heterocycles. The molecule has 0 amide bonds. The molecule has 1 saturated heterocycles. The highest BCUT2D eigenvalue weighted by Gasteiger charge is 2.32. The zero-order chi connectivity index (χ0) is 22.2. The molecular formula is C23H23F2N5OS. The number of aromatic hydroxyl groups is 1. The molecular weight excluding hydrogens is 432 g/mol. The second kappa shape index (κ2) is 8.48. The van der Waals surface area contributed by atoms with E-state index in [2.05, 4.69) is 15.0 Å². The number of aryl methyl sites for hydroxylation is 1. The zero-order valence-corrected chi connectivity index (χ0v) is 18.4. The standard InChI is InChI=1S/C23H23F2N5OS/c1-2-19-26-23-30(27-19)22(31)21(32-23)20(15-7-9-16(24)10-8-15)29-13-11-28(12-14-29)18-6-4-3-5-17(18)25/h3-10,20,31H,2,11-14H2,1H3/t20-/m0/s1. The van der Waals surface area contributed by atoms with Gasteiger partial charge in [-0.05, 0) is 29.8 Å². The van der Waals surface area contributed by atoms with E-state index in [1.165, 1.54) is 34.1 Å². The number of hydrogen-bond acceptors (Lipinski definition) is 6. The third kappa shape index (κ3) is 3.71. The highest BCUT2D eigenvalue weighted by molar-refractivity contribution is 7.17. The van der Waals surface area contributed by atoms with E-state index in [9.17, 15) is 13.9 Å². The summed E-state index contributed by atoms with van der Waals surface area (Å²) in [6.07, 6.45) is 0.683. The molecule has 0 aliphatic carbocycles. The first-order valence-electron chi connectivity index (χ1n) is 10.6. The summed E-state index contributed by atoms with van der Waals surface area (Å²) in [7, 11) is 0. The van der Waals surface area contributed by atoms with Gasteiger partial charge in [0, 0.05) is 32.6 Å². The summed E-state index contributed by atoms with van der Waals surface area (Å²) >= 11 is 1.39. The smallest absolute Gasteiger partial charge is 0.230 e. The van der Waals surface area contributed by atoms with Crippen LogP contribution in [0.5, 0.6) is 5.88 Å². The van der Waals surface area contributed by atoms with Gasteiger partial charge in [-0.2, -0.15) is 4.52 Å². The van der Waals surface area contributed by atoms with Crippen LogP contribution in [0.2, 0.25) is 0 Å². The number of thiazole rings is 1. The van der Waals surface area contributed by atoms with E-state index in [-0.39, 0.29) is 23.6 Å². The number of para-hydroxylation sites is 1. The van der Waals surface area contributed by atoms with Gasteiger partial charge in [-0.25, -0.2) is 13.8 Å². The lowest BCUT2D eigenvalue weighted by Crippen LogP contribution is -2.48. The highest BCUT2D eigenvalue weighted by atomic mass is 32.1. The fourth-order valence-electron chi connectivity index (χ4n) is 4.22. The highest BCUT2D eigenvalue weighted by Crippen LogP contribution is 2.40. The number of nitrogens with zero attached hydrogens (tertiary/aromatic N) is 5. The number of benzene rings is 2. The monoisotopic (exact) mass is 455 g/mol. The Hall–Kier alpha value is -3.04. The van der Waals surface area contributed by atoms with Crippen molar-refractivity contribution in [1.29, 1.82) is 0 Å². The molecule has 9 heteroatoms. The van der Waals surface area contributed by atoms with Crippen molar-refractivity contribution >= 4 is 22.0 Å². The van der Waals surface area contributed by atoms with Crippen molar-refractivity contribution in [3.05, 3.63) is 76.4 Å². The normalized spacial score (nSPS) is 16.0. The largest absolute Gasteiger partial charge is 0.492 e. The van der Waals surface area contributed by atoms with Crippen LogP contribution in [-0.2, 0) is 6.42 Å². The Morgan fingerprint density at radius 1 is 1.03 bits per heavy atom. The van der Waals surface area contributed by atoms with E-state index >= 15 is 0 Å². The van der Waals surface area contributed by atoms with E-state index in [0.717, 1.165) is 5.56 Å². The van der Waals surface area contributed by atoms with Crippen LogP contribution < -0.4 is 4.90 Å². The van der Waals surface area contributed by atoms with Crippen molar-refractivity contribution in [1.82, 2.24) is 19.5 Å². The zero-order valence-electron chi connectivity index (χ0n) is 17.6. The molecule has 2 aromatic carbocycles. The summed E-state index contributed by atoms with van der Waals surface area (Å²) in [5, 5.41) is 15.4. The van der Waals surface area contributed by atoms with Gasteiger partial charge in [0.2, 0.25) is 10.8 Å². The molecule has 1 fully saturated rings. The van der Waals surface area contributed by atoms with Crippen LogP contribution in [0.1, 0.15) is 29.2 Å². The maximum Gasteiger partial charge on any atom is 0.230 e. The minimum atomic E-state index is -0.309. The number of rotatable bonds is 5. The third-order valence-corrected chi connectivity index (χ3v) is 6.94. The lowest BCUT2D eigenvalue weighted by Gasteiger charge is -2.40. The second-order valence-electron chi connectivity index (χ2n) is 7.79. The number of halogens is 2. The Morgan fingerprint density at radius 3 is 2.41 bits per heavy atom. The minimum Gasteiger partial charge on any atom is -0.492 e. The van der Waals surface area contributed by atoms with Gasteiger partial charge >= 0.3 is 0 Å². The van der Waals surface area contributed by atoms with Crippen molar-refractivity contribution in [2.45, 2.75) is 19.4 Å². The molecule has 1 atom stereocenters. The van der Waals surface area contributed by atoms with Crippen molar-refractivity contribution in [3.63, 3.8) is 0 Å². The van der Waals surface area contributed by atoms with Gasteiger partial charge in [0.15, 0.2) is 5.82 Å². The van der Waals surface area contributed by atoms with Crippen LogP contribution >= 0.6 is 11.3 Å². The van der Waals surface area contributed by atoms with Gasteiger partial charge in [0.25, 0.3) is 0 Å². The Kier molecular flexibility index (Phi) is 5.52. The van der Waals surface area contributed by atoms with E-state index in [0.29, 0.717) is 53.9 Å². The predicted molar refractivity (Wildman–Crippen MR) is 120 cm³/mol. The first-order chi connectivity index (χ1) is 15.5. The van der Waals surface area contributed by atoms with Crippen LogP contribution in [0, 0.1) is 11.6 Å². The summed E-state index contributed by atoms with van der Waals surface area (Å²) in [6.45, 7) is 4.56. The Balaban J connectivity index is 1.48. The first kappa shape index (κ1) is 20.8. The molecule has 0 radical (unpaired) electrons. The van der Waals surface area contributed by atoms with Crippen LogP contribution in [0.3, 0.4) is 0 Å². The lowest BCUT2D eigenvalue weighted by atomic mass is 10.0. The van der Waals surface area contributed by atoms with E-state index in [4.69, 9.17) is 0 Å². The fraction of sp³-hybridized carbons (Fsp3) is 0.304. The van der Waals surface area contributed by atoms with Crippen LogP contribution in [0.15, 0.2) is 48.5 Å². The Morgan fingerprint density at radius 2 is 1.75 bits per heavy atom. The third-order valence-electron chi connectivity index (χ3n) is 5.87. The number of hydrogen-bond donors (Lipinski definition) is 1. The summed E-state index contributed by atoms with van der Waals surface area (Å²) < 4.78 is 29.4. The molecule has 166 valence electrons. The summed E-state index contributed by atoms with van der Waals surface area (Å²) in [5.41, 5.74) is 1.47. The molecule has 5 rings (SSSR count). The molecule has 0 saturated carbocycles. The van der Waals surface area contributed by atoms with Gasteiger partial charge in [-0.1, -0.05) is 42.5 Å². The molecule has 3 heterocycles. The van der Waals surface area contributed by atoms with Gasteiger partial charge in [0.05, 0.1) is 16.6 Å². The molecule has 0 spiro atoms. The van der Waals surface area contributed by atoms with E-state index in [1.54, 1.807) is 24.3 Å². The van der Waals surface area contributed by atoms with Crippen LogP contribution in [0.25, 0.3) is 4.96 Å². The number of fused-ring (bicyclic) bond motifs is 1. The molecule has 4 aromatic rings. The van der Waals surface area contributed by atoms with Gasteiger partial charge < -0.3 is 10.0 Å². The number of anilines is 1. The van der Waals surface area contributed by atoms with E-state index < -0.39 is 0 Å². The maximum absolute atomic E-state index is 14.3. The van der Waals surface area contributed by atoms with Gasteiger partial charge in [-0.15, -0.1) is 5.10 Å². The van der Waals surface area contributed by atoms with Crippen LogP contribution in [-0.4, -0.2) is 50.8 Å². The molecule has 1 N–H and O–H groups in total. The van der Waals surface area contributed by atoms with Crippen molar-refractivity contribution in [2.75, 3.05) is 31.1 Å². The number of piperazine rings is 1. The average molecular weight is 456 g/mol. The Bertz CT molecular complexity index is 1230. The molecule has 0 unspecified atom stereocenters. The molecule has 2 aromatic heterocycles. The number of aromatic nitrogens is 3. The summed E-state index contributed by atoms with van der Waals surface area (Å²) in [6, 6.07) is 12.9. The first-order valence-corrected chi connectivity index (χ1v) is 11.4. The molecule has 0 bridgehead atoms.